The zero-order chi connectivity index (χ0) is 31.4. The van der Waals surface area contributed by atoms with Crippen LogP contribution in [-0.4, -0.2) is 86.1 Å². The van der Waals surface area contributed by atoms with Crippen LogP contribution in [0.4, 0.5) is 0 Å². The van der Waals surface area contributed by atoms with Crippen molar-refractivity contribution in [3.05, 3.63) is 54.1 Å². The highest BCUT2D eigenvalue weighted by Crippen LogP contribution is 2.36. The molecule has 0 fully saturated rings. The van der Waals surface area contributed by atoms with Gasteiger partial charge in [0.1, 0.15) is 6.04 Å². The Morgan fingerprint density at radius 3 is 2.44 bits per heavy atom. The van der Waals surface area contributed by atoms with Crippen LogP contribution in [0, 0.1) is 11.3 Å². The number of aliphatic hydroxyl groups is 1. The molecule has 0 aromatic heterocycles. The van der Waals surface area contributed by atoms with Gasteiger partial charge in [-0.25, -0.2) is 4.31 Å². The smallest absolute Gasteiger partial charge is 0.243 e. The summed E-state index contributed by atoms with van der Waals surface area (Å²) in [6.45, 7) is 12.3. The minimum absolute atomic E-state index is 0.0700. The standard InChI is InChI=1S/C32H48N4O6S/c1-22(2)19-36(43-24-12-13-27-28(17-24)42-21-41-27)20-26(37)25(16-23-10-8-7-9-11-23)34-31(39)30(32(3,4)5)35-29(38)18-33-14-15-40-6/h7-13,17,22,25-26,30,33,37H,14-16,18-21H2,1-6H3,(H,34,39)(H,35,38)/t25-,26+,30+/m0/s1. The summed E-state index contributed by atoms with van der Waals surface area (Å²) < 4.78 is 18.1. The van der Waals surface area contributed by atoms with Crippen LogP contribution in [0.5, 0.6) is 11.5 Å². The van der Waals surface area contributed by atoms with Gasteiger partial charge in [-0.1, -0.05) is 65.0 Å². The third-order valence-electron chi connectivity index (χ3n) is 6.83. The molecule has 0 saturated carbocycles. The molecule has 1 aliphatic rings. The Balaban J connectivity index is 1.76. The van der Waals surface area contributed by atoms with Crippen molar-refractivity contribution in [2.45, 2.75) is 64.1 Å². The predicted octanol–water partition coefficient (Wildman–Crippen LogP) is 3.24. The van der Waals surface area contributed by atoms with Crippen molar-refractivity contribution >= 4 is 23.8 Å². The Morgan fingerprint density at radius 1 is 1.05 bits per heavy atom. The first kappa shape index (κ1) is 34.7. The van der Waals surface area contributed by atoms with Crippen molar-refractivity contribution in [1.82, 2.24) is 20.3 Å². The second kappa shape index (κ2) is 16.9. The molecule has 43 heavy (non-hydrogen) atoms. The van der Waals surface area contributed by atoms with E-state index in [-0.39, 0.29) is 25.2 Å². The molecular formula is C32H48N4O6S. The van der Waals surface area contributed by atoms with E-state index in [9.17, 15) is 14.7 Å². The fourth-order valence-corrected chi connectivity index (χ4v) is 5.84. The van der Waals surface area contributed by atoms with E-state index in [0.717, 1.165) is 22.8 Å². The zero-order valence-electron chi connectivity index (χ0n) is 26.2. The van der Waals surface area contributed by atoms with Crippen molar-refractivity contribution in [2.75, 3.05) is 46.7 Å². The summed E-state index contributed by atoms with van der Waals surface area (Å²) in [6.07, 6.45) is -0.460. The maximum Gasteiger partial charge on any atom is 0.243 e. The lowest BCUT2D eigenvalue weighted by molar-refractivity contribution is -0.132. The largest absolute Gasteiger partial charge is 0.454 e. The molecule has 10 nitrogen and oxygen atoms in total. The molecule has 2 aromatic rings. The van der Waals surface area contributed by atoms with Gasteiger partial charge in [0.25, 0.3) is 0 Å². The second-order valence-electron chi connectivity index (χ2n) is 12.3. The molecule has 3 atom stereocenters. The summed E-state index contributed by atoms with van der Waals surface area (Å²) in [5.41, 5.74) is 0.428. The van der Waals surface area contributed by atoms with Crippen molar-refractivity contribution in [3.63, 3.8) is 0 Å². The van der Waals surface area contributed by atoms with E-state index in [1.807, 2.05) is 69.3 Å². The lowest BCUT2D eigenvalue weighted by atomic mass is 9.85. The Bertz CT molecular complexity index is 1160. The summed E-state index contributed by atoms with van der Waals surface area (Å²) >= 11 is 1.54. The van der Waals surface area contributed by atoms with Crippen LogP contribution < -0.4 is 25.4 Å². The highest BCUT2D eigenvalue weighted by Gasteiger charge is 2.35. The van der Waals surface area contributed by atoms with Gasteiger partial charge in [-0.2, -0.15) is 0 Å². The molecule has 11 heteroatoms. The van der Waals surface area contributed by atoms with Crippen molar-refractivity contribution in [1.29, 1.82) is 0 Å². The van der Waals surface area contributed by atoms with Gasteiger partial charge < -0.3 is 35.3 Å². The van der Waals surface area contributed by atoms with E-state index < -0.39 is 23.6 Å². The number of amides is 2. The summed E-state index contributed by atoms with van der Waals surface area (Å²) in [5, 5.41) is 20.6. The average molecular weight is 617 g/mol. The highest BCUT2D eigenvalue weighted by atomic mass is 32.2. The summed E-state index contributed by atoms with van der Waals surface area (Å²) in [7, 11) is 1.60. The third kappa shape index (κ3) is 11.6. The quantitative estimate of drug-likeness (QED) is 0.157. The Hall–Kier alpha value is -2.83. The first-order chi connectivity index (χ1) is 20.5. The molecule has 4 N–H and O–H groups in total. The topological polar surface area (TPSA) is 121 Å². The van der Waals surface area contributed by atoms with Gasteiger partial charge in [0.15, 0.2) is 11.5 Å². The Kier molecular flexibility index (Phi) is 13.6. The molecule has 0 unspecified atom stereocenters. The number of carbonyl (C=O) groups is 2. The predicted molar refractivity (Wildman–Crippen MR) is 169 cm³/mol. The number of nitrogens with zero attached hydrogens (tertiary/aromatic N) is 1. The monoisotopic (exact) mass is 616 g/mol. The van der Waals surface area contributed by atoms with E-state index in [1.54, 1.807) is 7.11 Å². The fraction of sp³-hybridized carbons (Fsp3) is 0.562. The number of benzene rings is 2. The molecule has 0 radical (unpaired) electrons. The molecule has 0 bridgehead atoms. The number of methoxy groups -OCH3 is 1. The molecule has 238 valence electrons. The lowest BCUT2D eigenvalue weighted by Gasteiger charge is -2.34. The van der Waals surface area contributed by atoms with Crippen LogP contribution >= 0.6 is 11.9 Å². The van der Waals surface area contributed by atoms with E-state index in [1.165, 1.54) is 11.9 Å². The number of carbonyl (C=O) groups excluding carboxylic acids is 2. The van der Waals surface area contributed by atoms with Gasteiger partial charge in [0, 0.05) is 31.6 Å². The molecular weight excluding hydrogens is 568 g/mol. The number of fused-ring (bicyclic) bond motifs is 1. The van der Waals surface area contributed by atoms with E-state index in [2.05, 4.69) is 34.1 Å². The molecule has 0 spiro atoms. The SMILES string of the molecule is COCCNCC(=O)N[C@H](C(=O)N[C@@H](Cc1ccccc1)[C@H](O)CN(CC(C)C)Sc1ccc2c(c1)OCO2)C(C)(C)C. The first-order valence-corrected chi connectivity index (χ1v) is 15.6. The van der Waals surface area contributed by atoms with Crippen LogP contribution in [0.15, 0.2) is 53.4 Å². The normalized spacial score (nSPS) is 14.9. The number of nitrogens with one attached hydrogen (secondary N) is 3. The average Bonchev–Trinajstić information content (AvgIpc) is 3.41. The minimum Gasteiger partial charge on any atom is -0.454 e. The molecule has 1 aliphatic heterocycles. The van der Waals surface area contributed by atoms with Crippen molar-refractivity contribution < 1.29 is 28.9 Å². The third-order valence-corrected chi connectivity index (χ3v) is 7.85. The van der Waals surface area contributed by atoms with Crippen molar-refractivity contribution in [3.8, 4) is 11.5 Å². The summed E-state index contributed by atoms with van der Waals surface area (Å²) in [5.74, 6) is 1.14. The molecule has 2 amide bonds. The Labute approximate surface area is 260 Å². The number of hydrogen-bond donors (Lipinski definition) is 4. The van der Waals surface area contributed by atoms with Gasteiger partial charge in [-0.05, 0) is 53.5 Å². The maximum absolute atomic E-state index is 13.7. The highest BCUT2D eigenvalue weighted by molar-refractivity contribution is 7.97. The Morgan fingerprint density at radius 2 is 1.77 bits per heavy atom. The van der Waals surface area contributed by atoms with Crippen LogP contribution in [0.25, 0.3) is 0 Å². The van der Waals surface area contributed by atoms with Gasteiger partial charge in [0.05, 0.1) is 25.3 Å². The second-order valence-corrected chi connectivity index (χ2v) is 13.4. The number of ether oxygens (including phenoxy) is 3. The minimum atomic E-state index is -0.892. The van der Waals surface area contributed by atoms with E-state index in [4.69, 9.17) is 14.2 Å². The van der Waals surface area contributed by atoms with Crippen LogP contribution in [-0.2, 0) is 20.7 Å². The molecule has 3 rings (SSSR count). The molecule has 0 aliphatic carbocycles. The van der Waals surface area contributed by atoms with Crippen LogP contribution in [0.1, 0.15) is 40.2 Å². The number of aliphatic hydroxyl groups excluding tert-OH is 1. The fourth-order valence-electron chi connectivity index (χ4n) is 4.66. The first-order valence-electron chi connectivity index (χ1n) is 14.8. The van der Waals surface area contributed by atoms with Crippen LogP contribution in [0.3, 0.4) is 0 Å². The van der Waals surface area contributed by atoms with Crippen molar-refractivity contribution in [2.24, 2.45) is 11.3 Å². The summed E-state index contributed by atoms with van der Waals surface area (Å²) in [4.78, 5) is 27.4. The summed E-state index contributed by atoms with van der Waals surface area (Å²) in [6, 6.07) is 14.2. The molecule has 1 heterocycles. The van der Waals surface area contributed by atoms with Gasteiger partial charge in [-0.3, -0.25) is 9.59 Å². The molecule has 0 saturated heterocycles. The zero-order valence-corrected chi connectivity index (χ0v) is 27.0. The van der Waals surface area contributed by atoms with Crippen LogP contribution in [0.2, 0.25) is 0 Å². The van der Waals surface area contributed by atoms with E-state index in [0.29, 0.717) is 37.8 Å². The van der Waals surface area contributed by atoms with Gasteiger partial charge >= 0.3 is 0 Å². The van der Waals surface area contributed by atoms with Gasteiger partial charge in [-0.15, -0.1) is 0 Å². The number of hydrogen-bond acceptors (Lipinski definition) is 9. The number of rotatable bonds is 17. The van der Waals surface area contributed by atoms with Gasteiger partial charge in [0.2, 0.25) is 18.6 Å². The molecule has 2 aromatic carbocycles. The lowest BCUT2D eigenvalue weighted by Crippen LogP contribution is -2.59. The maximum atomic E-state index is 13.7. The van der Waals surface area contributed by atoms with E-state index >= 15 is 0 Å².